The number of carbonyl (C=O) groups excluding carboxylic acids is 2. The molecule has 10 heteroatoms. The molecule has 31 heavy (non-hydrogen) atoms. The summed E-state index contributed by atoms with van der Waals surface area (Å²) in [4.78, 5) is 24.6. The molecule has 0 spiro atoms. The first-order valence-corrected chi connectivity index (χ1v) is 9.09. The van der Waals surface area contributed by atoms with E-state index in [0.717, 1.165) is 35.7 Å². The summed E-state index contributed by atoms with van der Waals surface area (Å²) in [5, 5.41) is 4.37. The molecule has 0 aliphatic heterocycles. The van der Waals surface area contributed by atoms with Crippen molar-refractivity contribution in [2.75, 3.05) is 18.9 Å². The lowest BCUT2D eigenvalue weighted by Gasteiger charge is -2.14. The number of ether oxygens (including phenoxy) is 1. The molecule has 2 N–H and O–H groups in total. The van der Waals surface area contributed by atoms with E-state index in [1.54, 1.807) is 10.6 Å². The lowest BCUT2D eigenvalue weighted by molar-refractivity contribution is 0.0946. The predicted octanol–water partition coefficient (Wildman–Crippen LogP) is 4.98. The first kappa shape index (κ1) is 13.8. The minimum atomic E-state index is -3.27. The number of methoxy groups -OCH3 is 1. The van der Waals surface area contributed by atoms with E-state index in [4.69, 9.17) is 11.0 Å². The van der Waals surface area contributed by atoms with Crippen molar-refractivity contribution < 1.29 is 42.9 Å². The molecule has 0 saturated carbocycles. The molecule has 0 saturated heterocycles. The van der Waals surface area contributed by atoms with E-state index in [-0.39, 0.29) is 5.75 Å². The molecule has 0 unspecified atom stereocenters. The highest BCUT2D eigenvalue weighted by Crippen LogP contribution is 2.36. The van der Waals surface area contributed by atoms with E-state index in [1.165, 1.54) is 0 Å². The second-order valence-electron chi connectivity index (χ2n) is 5.83. The number of thiophene rings is 1. The lowest BCUT2D eigenvalue weighted by Crippen LogP contribution is -2.25. The van der Waals surface area contributed by atoms with Gasteiger partial charge in [-0.3, -0.25) is 9.59 Å². The second-order valence-corrected chi connectivity index (χ2v) is 6.75. The summed E-state index contributed by atoms with van der Waals surface area (Å²) in [5.74, 6) is -11.1. The molecule has 0 bridgehead atoms. The molecule has 5 nitrogen and oxygen atoms in total. The first-order valence-electron chi connectivity index (χ1n) is 12.2. The highest BCUT2D eigenvalue weighted by Gasteiger charge is 2.29. The minimum absolute atomic E-state index is 0.379. The monoisotopic (exact) mass is 460 g/mol. The van der Waals surface area contributed by atoms with Crippen molar-refractivity contribution in [3.63, 3.8) is 0 Å². The van der Waals surface area contributed by atoms with Crippen LogP contribution in [-0.4, -0.2) is 25.3 Å². The van der Waals surface area contributed by atoms with Crippen LogP contribution in [0.2, 0.25) is 0 Å². The van der Waals surface area contributed by atoms with Crippen molar-refractivity contribution in [2.24, 2.45) is 0 Å². The Morgan fingerprint density at radius 1 is 1.10 bits per heavy atom. The van der Waals surface area contributed by atoms with Crippen molar-refractivity contribution in [3.8, 4) is 16.9 Å². The van der Waals surface area contributed by atoms with Crippen LogP contribution >= 0.6 is 11.3 Å². The van der Waals surface area contributed by atoms with Gasteiger partial charge in [-0.25, -0.2) is 17.6 Å². The zero-order chi connectivity index (χ0) is 29.5. The Bertz CT molecular complexity index is 1410. The van der Waals surface area contributed by atoms with Crippen LogP contribution < -0.4 is 15.4 Å². The Kier molecular flexibility index (Phi) is 4.09. The van der Waals surface area contributed by atoms with Crippen LogP contribution in [0.5, 0.6) is 5.75 Å². The quantitative estimate of drug-likeness (QED) is 0.403. The summed E-state index contributed by atoms with van der Waals surface area (Å²) in [7, 11) is -2.92. The van der Waals surface area contributed by atoms with E-state index in [0.29, 0.717) is 11.3 Å². The molecule has 1 heterocycles. The van der Waals surface area contributed by atoms with Crippen LogP contribution in [0.3, 0.4) is 0 Å². The molecule has 1 aromatic heterocycles. The highest BCUT2D eigenvalue weighted by atomic mass is 32.1. The van der Waals surface area contributed by atoms with E-state index < -0.39 is 82.7 Å². The molecule has 0 atom stereocenters. The van der Waals surface area contributed by atoms with Gasteiger partial charge in [0.1, 0.15) is 16.3 Å². The zero-order valence-electron chi connectivity index (χ0n) is 23.1. The number of halogens is 4. The van der Waals surface area contributed by atoms with Crippen LogP contribution in [0.4, 0.5) is 23.2 Å². The van der Waals surface area contributed by atoms with E-state index >= 15 is 0 Å². The summed E-state index contributed by atoms with van der Waals surface area (Å²) < 4.78 is 122. The normalized spacial score (nSPS) is 15.7. The Balaban J connectivity index is 1.95. The van der Waals surface area contributed by atoms with Gasteiger partial charge in [-0.15, -0.1) is 11.3 Å². The standard InChI is InChI=1S/C21H16F4N2O3S/c1-3-26-21(29)19-12(7-8-31-19)20(28)27-18-16(24)14(22)13(15(23)17(18)25)10-5-4-6-11(9-10)30-2/h4-9H,3H2,1-2H3,(H,26,29)(H,27,28)/i1D3,2D3,3D2. The lowest BCUT2D eigenvalue weighted by atomic mass is 10.0. The molecule has 3 rings (SSSR count). The fourth-order valence-electron chi connectivity index (χ4n) is 2.67. The molecule has 3 aromatic rings. The van der Waals surface area contributed by atoms with Crippen molar-refractivity contribution in [1.82, 2.24) is 5.32 Å². The van der Waals surface area contributed by atoms with E-state index in [2.05, 4.69) is 4.74 Å². The van der Waals surface area contributed by atoms with Gasteiger partial charge in [-0.2, -0.15) is 0 Å². The third-order valence-corrected chi connectivity index (χ3v) is 4.95. The van der Waals surface area contributed by atoms with Crippen LogP contribution in [0, 0.1) is 23.3 Å². The first-order chi connectivity index (χ1) is 17.8. The van der Waals surface area contributed by atoms with Gasteiger partial charge in [0.15, 0.2) is 23.3 Å². The van der Waals surface area contributed by atoms with Gasteiger partial charge < -0.3 is 15.4 Å². The molecule has 2 amide bonds. The third-order valence-electron chi connectivity index (χ3n) is 4.03. The number of amides is 2. The summed E-state index contributed by atoms with van der Waals surface area (Å²) in [5.41, 5.74) is -3.86. The van der Waals surface area contributed by atoms with Gasteiger partial charge in [0.2, 0.25) is 0 Å². The van der Waals surface area contributed by atoms with Gasteiger partial charge in [-0.05, 0) is 36.0 Å². The number of carbonyl (C=O) groups is 2. The molecule has 162 valence electrons. The molecule has 0 aliphatic rings. The Hall–Kier alpha value is -3.40. The number of hydrogen-bond donors (Lipinski definition) is 2. The van der Waals surface area contributed by atoms with Crippen molar-refractivity contribution >= 4 is 28.8 Å². The van der Waals surface area contributed by atoms with Gasteiger partial charge in [0.05, 0.1) is 22.3 Å². The summed E-state index contributed by atoms with van der Waals surface area (Å²) in [6.45, 7) is -6.47. The number of hydrogen-bond acceptors (Lipinski definition) is 4. The summed E-state index contributed by atoms with van der Waals surface area (Å²) in [6, 6.07) is 5.09. The number of anilines is 1. The van der Waals surface area contributed by atoms with Gasteiger partial charge in [-0.1, -0.05) is 12.1 Å². The van der Waals surface area contributed by atoms with Gasteiger partial charge in [0.25, 0.3) is 11.8 Å². The maximum atomic E-state index is 14.9. The Labute approximate surface area is 189 Å². The Morgan fingerprint density at radius 3 is 2.52 bits per heavy atom. The largest absolute Gasteiger partial charge is 0.497 e. The molecule has 2 aromatic carbocycles. The van der Waals surface area contributed by atoms with Crippen LogP contribution in [0.1, 0.15) is 37.8 Å². The fraction of sp³-hybridized carbons (Fsp3) is 0.143. The van der Waals surface area contributed by atoms with E-state index in [1.807, 2.05) is 0 Å². The van der Waals surface area contributed by atoms with Crippen LogP contribution in [-0.2, 0) is 0 Å². The average molecular weight is 460 g/mol. The van der Waals surface area contributed by atoms with Crippen molar-refractivity contribution in [2.45, 2.75) is 6.85 Å². The summed E-state index contributed by atoms with van der Waals surface area (Å²) in [6.07, 6.45) is 0. The van der Waals surface area contributed by atoms with Crippen molar-refractivity contribution in [1.29, 1.82) is 0 Å². The highest BCUT2D eigenvalue weighted by molar-refractivity contribution is 7.12. The molecule has 0 aliphatic carbocycles. The molecular formula is C21H16F4N2O3S. The molecule has 0 radical (unpaired) electrons. The van der Waals surface area contributed by atoms with Crippen LogP contribution in [0.15, 0.2) is 35.7 Å². The number of benzene rings is 2. The minimum Gasteiger partial charge on any atom is -0.497 e. The van der Waals surface area contributed by atoms with Gasteiger partial charge in [0, 0.05) is 13.4 Å². The zero-order valence-corrected chi connectivity index (χ0v) is 15.9. The number of rotatable bonds is 6. The van der Waals surface area contributed by atoms with E-state index in [9.17, 15) is 27.2 Å². The molecule has 0 fully saturated rings. The fourth-order valence-corrected chi connectivity index (χ4v) is 3.45. The maximum Gasteiger partial charge on any atom is 0.262 e. The topological polar surface area (TPSA) is 67.4 Å². The smallest absolute Gasteiger partial charge is 0.262 e. The van der Waals surface area contributed by atoms with Crippen LogP contribution in [0.25, 0.3) is 11.1 Å². The molecular weight excluding hydrogens is 436 g/mol. The second kappa shape index (κ2) is 9.17. The summed E-state index contributed by atoms with van der Waals surface area (Å²) >= 11 is 0.557. The maximum absolute atomic E-state index is 14.9. The van der Waals surface area contributed by atoms with Crippen molar-refractivity contribution in [3.05, 3.63) is 69.4 Å². The average Bonchev–Trinajstić information content (AvgIpc) is 3.29. The Morgan fingerprint density at radius 2 is 1.84 bits per heavy atom. The number of nitrogens with one attached hydrogen (secondary N) is 2. The van der Waals surface area contributed by atoms with Gasteiger partial charge >= 0.3 is 0 Å². The SMILES string of the molecule is [2H]C([2H])([2H])Oc1cccc(-c2c(F)c(F)c(NC(=O)c3ccsc3C(=O)NC([2H])([2H])C([2H])([2H])[2H])c(F)c2F)c1. The predicted molar refractivity (Wildman–Crippen MR) is 109 cm³/mol. The third kappa shape index (κ3) is 4.24.